The van der Waals surface area contributed by atoms with Crippen LogP contribution in [0.3, 0.4) is 0 Å². The number of hydrogen-bond acceptors (Lipinski definition) is 2. The quantitative estimate of drug-likeness (QED) is 0.863. The van der Waals surface area contributed by atoms with Crippen molar-refractivity contribution in [2.24, 2.45) is 0 Å². The lowest BCUT2D eigenvalue weighted by molar-refractivity contribution is 0.116. The summed E-state index contributed by atoms with van der Waals surface area (Å²) in [6.45, 7) is -0.603. The van der Waals surface area contributed by atoms with Gasteiger partial charge in [-0.05, 0) is 41.8 Å². The van der Waals surface area contributed by atoms with E-state index in [1.54, 1.807) is 24.3 Å². The lowest BCUT2D eigenvalue weighted by atomic mass is 9.77. The molecule has 0 unspecified atom stereocenters. The van der Waals surface area contributed by atoms with Crippen LogP contribution in [0.25, 0.3) is 0 Å². The minimum Gasteiger partial charge on any atom is -0.395 e. The van der Waals surface area contributed by atoms with E-state index in [0.717, 1.165) is 22.2 Å². The van der Waals surface area contributed by atoms with Crippen molar-refractivity contribution in [3.63, 3.8) is 0 Å². The summed E-state index contributed by atoms with van der Waals surface area (Å²) in [6, 6.07) is 10.8. The summed E-state index contributed by atoms with van der Waals surface area (Å²) >= 11 is 3.32. The molecule has 2 N–H and O–H groups in total. The SMILES string of the molecule is OCC(CO)(Cc1ccc(F)c(F)c1)c1ccc(Br)cc1. The van der Waals surface area contributed by atoms with Gasteiger partial charge < -0.3 is 10.2 Å². The van der Waals surface area contributed by atoms with Crippen LogP contribution in [0.5, 0.6) is 0 Å². The third-order valence-electron chi connectivity index (χ3n) is 3.59. The number of aliphatic hydroxyl groups is 2. The Morgan fingerprint density at radius 3 is 2.05 bits per heavy atom. The van der Waals surface area contributed by atoms with Crippen LogP contribution in [-0.2, 0) is 11.8 Å². The predicted molar refractivity (Wildman–Crippen MR) is 80.1 cm³/mol. The van der Waals surface area contributed by atoms with E-state index in [4.69, 9.17) is 0 Å². The van der Waals surface area contributed by atoms with E-state index >= 15 is 0 Å². The second-order valence-corrected chi connectivity index (χ2v) is 5.94. The molecule has 0 saturated heterocycles. The number of benzene rings is 2. The highest BCUT2D eigenvalue weighted by Crippen LogP contribution is 2.29. The molecule has 2 aromatic carbocycles. The average Bonchev–Trinajstić information content (AvgIpc) is 2.49. The maximum absolute atomic E-state index is 13.3. The molecule has 0 aliphatic rings. The summed E-state index contributed by atoms with van der Waals surface area (Å²) in [5.74, 6) is -1.85. The van der Waals surface area contributed by atoms with Crippen molar-refractivity contribution < 1.29 is 19.0 Å². The van der Waals surface area contributed by atoms with E-state index in [-0.39, 0.29) is 19.6 Å². The lowest BCUT2D eigenvalue weighted by Gasteiger charge is -2.30. The van der Waals surface area contributed by atoms with E-state index in [9.17, 15) is 19.0 Å². The van der Waals surface area contributed by atoms with Gasteiger partial charge in [0.25, 0.3) is 0 Å². The van der Waals surface area contributed by atoms with Crippen molar-refractivity contribution in [3.8, 4) is 0 Å². The Balaban J connectivity index is 2.37. The van der Waals surface area contributed by atoms with E-state index in [2.05, 4.69) is 15.9 Å². The molecule has 2 aromatic rings. The zero-order chi connectivity index (χ0) is 15.5. The van der Waals surface area contributed by atoms with Gasteiger partial charge in [-0.15, -0.1) is 0 Å². The maximum atomic E-state index is 13.3. The molecule has 0 saturated carbocycles. The highest BCUT2D eigenvalue weighted by Gasteiger charge is 2.31. The third kappa shape index (κ3) is 3.48. The van der Waals surface area contributed by atoms with Gasteiger partial charge in [0, 0.05) is 9.89 Å². The first-order valence-corrected chi connectivity index (χ1v) is 7.22. The first-order valence-electron chi connectivity index (χ1n) is 6.42. The fourth-order valence-corrected chi connectivity index (χ4v) is 2.55. The van der Waals surface area contributed by atoms with Crippen molar-refractivity contribution in [3.05, 3.63) is 69.7 Å². The van der Waals surface area contributed by atoms with Gasteiger partial charge in [-0.3, -0.25) is 0 Å². The normalized spacial score (nSPS) is 11.7. The van der Waals surface area contributed by atoms with Gasteiger partial charge in [0.2, 0.25) is 0 Å². The van der Waals surface area contributed by atoms with E-state index in [1.807, 2.05) is 0 Å². The fraction of sp³-hybridized carbons (Fsp3) is 0.250. The molecule has 2 nitrogen and oxygen atoms in total. The lowest BCUT2D eigenvalue weighted by Crippen LogP contribution is -2.37. The van der Waals surface area contributed by atoms with Gasteiger partial charge in [0.15, 0.2) is 11.6 Å². The molecule has 0 heterocycles. The van der Waals surface area contributed by atoms with Crippen LogP contribution in [0.4, 0.5) is 8.78 Å². The number of aliphatic hydroxyl groups excluding tert-OH is 2. The summed E-state index contributed by atoms with van der Waals surface area (Å²) < 4.78 is 27.2. The molecular formula is C16H15BrF2O2. The average molecular weight is 357 g/mol. The second kappa shape index (κ2) is 6.64. The Bertz CT molecular complexity index is 610. The van der Waals surface area contributed by atoms with Gasteiger partial charge in [-0.2, -0.15) is 0 Å². The molecule has 0 aromatic heterocycles. The standard InChI is InChI=1S/C16H15BrF2O2/c17-13-4-2-12(3-5-13)16(9-20,10-21)8-11-1-6-14(18)15(19)7-11/h1-7,20-21H,8-10H2. The molecule has 0 spiro atoms. The molecular weight excluding hydrogens is 342 g/mol. The van der Waals surface area contributed by atoms with Crippen molar-refractivity contribution in [2.75, 3.05) is 13.2 Å². The topological polar surface area (TPSA) is 40.5 Å². The van der Waals surface area contributed by atoms with E-state index in [0.29, 0.717) is 5.56 Å². The Morgan fingerprint density at radius 2 is 1.52 bits per heavy atom. The van der Waals surface area contributed by atoms with Crippen molar-refractivity contribution in [1.29, 1.82) is 0 Å². The smallest absolute Gasteiger partial charge is 0.159 e. The van der Waals surface area contributed by atoms with Crippen LogP contribution in [-0.4, -0.2) is 23.4 Å². The second-order valence-electron chi connectivity index (χ2n) is 5.03. The highest BCUT2D eigenvalue weighted by molar-refractivity contribution is 9.10. The van der Waals surface area contributed by atoms with Crippen LogP contribution >= 0.6 is 15.9 Å². The van der Waals surface area contributed by atoms with Gasteiger partial charge in [-0.1, -0.05) is 34.1 Å². The van der Waals surface area contributed by atoms with Gasteiger partial charge in [-0.25, -0.2) is 8.78 Å². The molecule has 0 aliphatic carbocycles. The summed E-state index contributed by atoms with van der Waals surface area (Å²) in [4.78, 5) is 0. The first-order chi connectivity index (χ1) is 10.0. The molecule has 5 heteroatoms. The Labute approximate surface area is 130 Å². The number of hydrogen-bond donors (Lipinski definition) is 2. The van der Waals surface area contributed by atoms with Crippen LogP contribution in [0.1, 0.15) is 11.1 Å². The Hall–Kier alpha value is -1.30. The Kier molecular flexibility index (Phi) is 5.08. The van der Waals surface area contributed by atoms with Crippen LogP contribution in [0, 0.1) is 11.6 Å². The van der Waals surface area contributed by atoms with E-state index in [1.165, 1.54) is 6.07 Å². The summed E-state index contributed by atoms with van der Waals surface area (Å²) in [5, 5.41) is 19.5. The minimum absolute atomic E-state index is 0.207. The monoisotopic (exact) mass is 356 g/mol. The largest absolute Gasteiger partial charge is 0.395 e. The van der Waals surface area contributed by atoms with Gasteiger partial charge in [0.1, 0.15) is 0 Å². The molecule has 0 atom stereocenters. The molecule has 0 amide bonds. The zero-order valence-electron chi connectivity index (χ0n) is 11.2. The fourth-order valence-electron chi connectivity index (χ4n) is 2.29. The highest BCUT2D eigenvalue weighted by atomic mass is 79.9. The molecule has 112 valence electrons. The maximum Gasteiger partial charge on any atom is 0.159 e. The van der Waals surface area contributed by atoms with Crippen molar-refractivity contribution in [1.82, 2.24) is 0 Å². The van der Waals surface area contributed by atoms with Crippen molar-refractivity contribution >= 4 is 15.9 Å². The Morgan fingerprint density at radius 1 is 0.905 bits per heavy atom. The van der Waals surface area contributed by atoms with Crippen LogP contribution in [0.2, 0.25) is 0 Å². The number of rotatable bonds is 5. The number of halogens is 3. The predicted octanol–water partition coefficient (Wildman–Crippen LogP) is 3.19. The van der Waals surface area contributed by atoms with Crippen LogP contribution in [0.15, 0.2) is 46.9 Å². The molecule has 2 rings (SSSR count). The third-order valence-corrected chi connectivity index (χ3v) is 4.12. The molecule has 0 aliphatic heterocycles. The van der Waals surface area contributed by atoms with E-state index < -0.39 is 17.0 Å². The summed E-state index contributed by atoms with van der Waals surface area (Å²) in [7, 11) is 0. The van der Waals surface area contributed by atoms with Gasteiger partial charge in [0.05, 0.1) is 13.2 Å². The van der Waals surface area contributed by atoms with Crippen LogP contribution < -0.4 is 0 Å². The molecule has 21 heavy (non-hydrogen) atoms. The van der Waals surface area contributed by atoms with Gasteiger partial charge >= 0.3 is 0 Å². The summed E-state index contributed by atoms with van der Waals surface area (Å²) in [6.07, 6.45) is 0.207. The molecule has 0 bridgehead atoms. The van der Waals surface area contributed by atoms with Crippen molar-refractivity contribution in [2.45, 2.75) is 11.8 Å². The zero-order valence-corrected chi connectivity index (χ0v) is 12.8. The summed E-state index contributed by atoms with van der Waals surface area (Å²) in [5.41, 5.74) is 0.311. The minimum atomic E-state index is -0.940. The molecule has 0 fully saturated rings. The first kappa shape index (κ1) is 16.1. The molecule has 0 radical (unpaired) electrons.